The van der Waals surface area contributed by atoms with Gasteiger partial charge in [0.15, 0.2) is 0 Å². The fourth-order valence-corrected chi connectivity index (χ4v) is 3.90. The van der Waals surface area contributed by atoms with Gasteiger partial charge in [-0.1, -0.05) is 18.3 Å². The Morgan fingerprint density at radius 3 is 2.55 bits per heavy atom. The average molecular weight is 318 g/mol. The van der Waals surface area contributed by atoms with Crippen molar-refractivity contribution in [3.8, 4) is 5.13 Å². The molecule has 0 bridgehead atoms. The predicted molar refractivity (Wildman–Crippen MR) is 87.7 cm³/mol. The first-order valence-corrected chi connectivity index (χ1v) is 8.57. The molecule has 2 aromatic rings. The van der Waals surface area contributed by atoms with Crippen molar-refractivity contribution in [3.05, 3.63) is 28.0 Å². The number of aromatic nitrogens is 3. The molecule has 0 unspecified atom stereocenters. The summed E-state index contributed by atoms with van der Waals surface area (Å²) >= 11 is 1.44. The highest BCUT2D eigenvalue weighted by atomic mass is 32.1. The number of rotatable bonds is 2. The van der Waals surface area contributed by atoms with Gasteiger partial charge < -0.3 is 4.90 Å². The lowest BCUT2D eigenvalue weighted by molar-refractivity contribution is 0.0701. The lowest BCUT2D eigenvalue weighted by Gasteiger charge is -2.29. The highest BCUT2D eigenvalue weighted by Crippen LogP contribution is 2.26. The summed E-state index contributed by atoms with van der Waals surface area (Å²) in [5.41, 5.74) is 2.80. The molecule has 0 radical (unpaired) electrons. The van der Waals surface area contributed by atoms with E-state index < -0.39 is 0 Å². The van der Waals surface area contributed by atoms with E-state index in [2.05, 4.69) is 17.0 Å². The van der Waals surface area contributed by atoms with Crippen LogP contribution in [0.3, 0.4) is 0 Å². The van der Waals surface area contributed by atoms with Gasteiger partial charge in [0.2, 0.25) is 5.13 Å². The number of hydrogen-bond donors (Lipinski definition) is 0. The molecular weight excluding hydrogens is 296 g/mol. The van der Waals surface area contributed by atoms with Crippen LogP contribution in [0.4, 0.5) is 0 Å². The third-order valence-corrected chi connectivity index (χ3v) is 5.36. The number of aryl methyl sites for hydroxylation is 3. The Kier molecular flexibility index (Phi) is 4.04. The van der Waals surface area contributed by atoms with Gasteiger partial charge in [0, 0.05) is 18.8 Å². The second-order valence-corrected chi connectivity index (χ2v) is 7.20. The number of likely N-dealkylation sites (tertiary alicyclic amines) is 1. The molecule has 22 heavy (non-hydrogen) atoms. The molecule has 0 spiro atoms. The molecule has 3 rings (SSSR count). The second kappa shape index (κ2) is 5.83. The van der Waals surface area contributed by atoms with Gasteiger partial charge in [-0.15, -0.1) is 0 Å². The zero-order valence-corrected chi connectivity index (χ0v) is 14.4. The summed E-state index contributed by atoms with van der Waals surface area (Å²) in [5.74, 6) is 0.839. The van der Waals surface area contributed by atoms with Crippen LogP contribution in [0.15, 0.2) is 6.07 Å². The predicted octanol–water partition coefficient (Wildman–Crippen LogP) is 3.13. The van der Waals surface area contributed by atoms with Crippen LogP contribution in [0.5, 0.6) is 0 Å². The number of carbonyl (C=O) groups excluding carboxylic acids is 1. The van der Waals surface area contributed by atoms with E-state index in [4.69, 9.17) is 0 Å². The van der Waals surface area contributed by atoms with Crippen LogP contribution in [-0.2, 0) is 0 Å². The first kappa shape index (κ1) is 15.2. The van der Waals surface area contributed by atoms with Gasteiger partial charge in [-0.3, -0.25) is 4.79 Å². The number of nitrogens with zero attached hydrogens (tertiary/aromatic N) is 4. The Morgan fingerprint density at radius 2 is 1.95 bits per heavy atom. The van der Waals surface area contributed by atoms with Gasteiger partial charge in [0.05, 0.1) is 11.4 Å². The van der Waals surface area contributed by atoms with Crippen molar-refractivity contribution in [2.75, 3.05) is 13.1 Å². The minimum Gasteiger partial charge on any atom is -0.338 e. The lowest BCUT2D eigenvalue weighted by atomic mass is 9.99. The fraction of sp³-hybridized carbons (Fsp3) is 0.562. The maximum Gasteiger partial charge on any atom is 0.265 e. The molecule has 1 aliphatic rings. The summed E-state index contributed by atoms with van der Waals surface area (Å²) in [6.07, 6.45) is 2.18. The summed E-state index contributed by atoms with van der Waals surface area (Å²) in [4.78, 5) is 20.0. The third-order valence-electron chi connectivity index (χ3n) is 4.24. The Bertz CT molecular complexity index is 695. The van der Waals surface area contributed by atoms with Crippen molar-refractivity contribution in [3.63, 3.8) is 0 Å². The van der Waals surface area contributed by atoms with Crippen molar-refractivity contribution >= 4 is 17.2 Å². The molecular formula is C16H22N4OS. The number of thiazole rings is 1. The zero-order valence-electron chi connectivity index (χ0n) is 13.6. The quantitative estimate of drug-likeness (QED) is 0.855. The van der Waals surface area contributed by atoms with Crippen molar-refractivity contribution < 1.29 is 4.79 Å². The van der Waals surface area contributed by atoms with E-state index in [9.17, 15) is 4.79 Å². The van der Waals surface area contributed by atoms with Gasteiger partial charge in [-0.2, -0.15) is 5.10 Å². The number of carbonyl (C=O) groups is 1. The fourth-order valence-electron chi connectivity index (χ4n) is 2.85. The molecule has 1 saturated heterocycles. The number of amides is 1. The van der Waals surface area contributed by atoms with E-state index >= 15 is 0 Å². The van der Waals surface area contributed by atoms with Gasteiger partial charge in [0.1, 0.15) is 4.88 Å². The highest BCUT2D eigenvalue weighted by molar-refractivity contribution is 7.16. The van der Waals surface area contributed by atoms with Crippen LogP contribution < -0.4 is 0 Å². The Balaban J connectivity index is 1.86. The first-order chi connectivity index (χ1) is 10.5. The standard InChI is InChI=1S/C16H22N4OS/c1-10-5-7-19(8-6-10)15(21)14-13(4)17-16(22-14)20-12(3)9-11(2)18-20/h9-10H,5-8H2,1-4H3. The lowest BCUT2D eigenvalue weighted by Crippen LogP contribution is -2.37. The minimum absolute atomic E-state index is 0.120. The van der Waals surface area contributed by atoms with Gasteiger partial charge >= 0.3 is 0 Å². The summed E-state index contributed by atoms with van der Waals surface area (Å²) in [7, 11) is 0. The van der Waals surface area contributed by atoms with Crippen LogP contribution in [-0.4, -0.2) is 38.7 Å². The zero-order chi connectivity index (χ0) is 15.9. The molecule has 3 heterocycles. The van der Waals surface area contributed by atoms with Gasteiger partial charge in [0.25, 0.3) is 5.91 Å². The van der Waals surface area contributed by atoms with E-state index in [1.54, 1.807) is 0 Å². The molecule has 5 nitrogen and oxygen atoms in total. The van der Waals surface area contributed by atoms with E-state index in [1.165, 1.54) is 11.3 Å². The largest absolute Gasteiger partial charge is 0.338 e. The van der Waals surface area contributed by atoms with Crippen molar-refractivity contribution in [1.29, 1.82) is 0 Å². The van der Waals surface area contributed by atoms with Crippen LogP contribution in [0.2, 0.25) is 0 Å². The van der Waals surface area contributed by atoms with Crippen molar-refractivity contribution in [2.45, 2.75) is 40.5 Å². The van der Waals surface area contributed by atoms with Gasteiger partial charge in [-0.25, -0.2) is 9.67 Å². The molecule has 0 N–H and O–H groups in total. The topological polar surface area (TPSA) is 51.0 Å². The van der Waals surface area contributed by atoms with E-state index in [0.717, 1.165) is 58.9 Å². The van der Waals surface area contributed by atoms with E-state index in [0.29, 0.717) is 0 Å². The number of piperidine rings is 1. The normalized spacial score (nSPS) is 16.3. The summed E-state index contributed by atoms with van der Waals surface area (Å²) < 4.78 is 1.82. The highest BCUT2D eigenvalue weighted by Gasteiger charge is 2.25. The Labute approximate surface area is 135 Å². The van der Waals surface area contributed by atoms with Crippen LogP contribution >= 0.6 is 11.3 Å². The molecule has 0 saturated carbocycles. The second-order valence-electron chi connectivity index (χ2n) is 6.22. The SMILES string of the molecule is Cc1cc(C)n(-c2nc(C)c(C(=O)N3CCC(C)CC3)s2)n1. The monoisotopic (exact) mass is 318 g/mol. The van der Waals surface area contributed by atoms with E-state index in [-0.39, 0.29) is 5.91 Å². The molecule has 118 valence electrons. The maximum atomic E-state index is 12.7. The Hall–Kier alpha value is -1.69. The van der Waals surface area contributed by atoms with Crippen LogP contribution in [0.25, 0.3) is 5.13 Å². The molecule has 2 aromatic heterocycles. The summed E-state index contributed by atoms with van der Waals surface area (Å²) in [6.45, 7) is 9.83. The molecule has 0 aliphatic carbocycles. The third kappa shape index (κ3) is 2.79. The average Bonchev–Trinajstić information content (AvgIpc) is 3.01. The molecule has 6 heteroatoms. The smallest absolute Gasteiger partial charge is 0.265 e. The molecule has 1 fully saturated rings. The molecule has 1 aliphatic heterocycles. The van der Waals surface area contributed by atoms with Crippen LogP contribution in [0, 0.1) is 26.7 Å². The number of hydrogen-bond acceptors (Lipinski definition) is 4. The van der Waals surface area contributed by atoms with Gasteiger partial charge in [-0.05, 0) is 45.6 Å². The van der Waals surface area contributed by atoms with Crippen LogP contribution in [0.1, 0.15) is 46.5 Å². The van der Waals surface area contributed by atoms with Crippen molar-refractivity contribution in [1.82, 2.24) is 19.7 Å². The Morgan fingerprint density at radius 1 is 1.27 bits per heavy atom. The molecule has 1 amide bonds. The molecule has 0 atom stereocenters. The van der Waals surface area contributed by atoms with E-state index in [1.807, 2.05) is 36.4 Å². The maximum absolute atomic E-state index is 12.7. The van der Waals surface area contributed by atoms with Crippen molar-refractivity contribution in [2.24, 2.45) is 5.92 Å². The first-order valence-electron chi connectivity index (χ1n) is 7.76. The minimum atomic E-state index is 0.120. The molecule has 0 aromatic carbocycles. The summed E-state index contributed by atoms with van der Waals surface area (Å²) in [6, 6.07) is 2.02. The summed E-state index contributed by atoms with van der Waals surface area (Å²) in [5, 5.41) is 5.23.